The first-order valence-electron chi connectivity index (χ1n) is 7.21. The van der Waals surface area contributed by atoms with Gasteiger partial charge in [-0.15, -0.1) is 0 Å². The van der Waals surface area contributed by atoms with E-state index in [1.165, 1.54) is 23.8 Å². The lowest BCUT2D eigenvalue weighted by molar-refractivity contribution is 0.145. The molecule has 1 saturated heterocycles. The van der Waals surface area contributed by atoms with Crippen LogP contribution in [0.3, 0.4) is 0 Å². The molecule has 0 saturated carbocycles. The molecule has 0 aliphatic carbocycles. The van der Waals surface area contributed by atoms with Crippen LogP contribution in [0.25, 0.3) is 0 Å². The Morgan fingerprint density at radius 2 is 2.25 bits per heavy atom. The lowest BCUT2D eigenvalue weighted by Crippen LogP contribution is -2.47. The molecule has 1 heterocycles. The van der Waals surface area contributed by atoms with Gasteiger partial charge in [0.25, 0.3) is 0 Å². The van der Waals surface area contributed by atoms with Gasteiger partial charge in [0.2, 0.25) is 0 Å². The molecular formula is C16H24N2O2. The number of piperidine rings is 1. The Balaban J connectivity index is 1.95. The van der Waals surface area contributed by atoms with Crippen molar-refractivity contribution in [3.63, 3.8) is 0 Å². The summed E-state index contributed by atoms with van der Waals surface area (Å²) in [7, 11) is 1.41. The number of aryl methyl sites for hydroxylation is 2. The van der Waals surface area contributed by atoms with Crippen LogP contribution < -0.4 is 5.32 Å². The van der Waals surface area contributed by atoms with Gasteiger partial charge in [0.1, 0.15) is 0 Å². The molecule has 110 valence electrons. The molecule has 0 bridgehead atoms. The van der Waals surface area contributed by atoms with Gasteiger partial charge in [-0.2, -0.15) is 0 Å². The number of nitrogens with one attached hydrogen (secondary N) is 1. The Kier molecular flexibility index (Phi) is 5.01. The number of carbonyl (C=O) groups is 1. The maximum Gasteiger partial charge on any atom is 0.407 e. The van der Waals surface area contributed by atoms with Crippen molar-refractivity contribution in [1.29, 1.82) is 0 Å². The topological polar surface area (TPSA) is 41.6 Å². The first-order chi connectivity index (χ1) is 9.58. The summed E-state index contributed by atoms with van der Waals surface area (Å²) in [5, 5.41) is 2.91. The molecule has 1 aliphatic rings. The molecular weight excluding hydrogens is 252 g/mol. The van der Waals surface area contributed by atoms with E-state index < -0.39 is 0 Å². The Morgan fingerprint density at radius 3 is 3.00 bits per heavy atom. The van der Waals surface area contributed by atoms with Crippen molar-refractivity contribution >= 4 is 6.09 Å². The average molecular weight is 276 g/mol. The van der Waals surface area contributed by atoms with E-state index in [9.17, 15) is 4.79 Å². The molecule has 0 aromatic heterocycles. The number of methoxy groups -OCH3 is 1. The molecule has 1 atom stereocenters. The monoisotopic (exact) mass is 276 g/mol. The van der Waals surface area contributed by atoms with Crippen molar-refractivity contribution in [3.8, 4) is 0 Å². The predicted octanol–water partition coefficient (Wildman–Crippen LogP) is 2.62. The van der Waals surface area contributed by atoms with Gasteiger partial charge in [0.15, 0.2) is 0 Å². The van der Waals surface area contributed by atoms with Crippen LogP contribution in [0.5, 0.6) is 0 Å². The molecule has 1 unspecified atom stereocenters. The minimum absolute atomic E-state index is 0.196. The number of ether oxygens (including phenoxy) is 1. The summed E-state index contributed by atoms with van der Waals surface area (Å²) in [6.45, 7) is 7.21. The highest BCUT2D eigenvalue weighted by Gasteiger charge is 2.21. The van der Waals surface area contributed by atoms with Crippen LogP contribution >= 0.6 is 0 Å². The minimum Gasteiger partial charge on any atom is -0.453 e. The maximum atomic E-state index is 11.3. The first-order valence-corrected chi connectivity index (χ1v) is 7.21. The fourth-order valence-electron chi connectivity index (χ4n) is 2.75. The Bertz CT molecular complexity index is 474. The van der Waals surface area contributed by atoms with Crippen molar-refractivity contribution in [1.82, 2.24) is 10.2 Å². The SMILES string of the molecule is COC(=O)NC1CCCN(Cc2cc(C)ccc2C)C1. The van der Waals surface area contributed by atoms with Crippen LogP contribution in [0.2, 0.25) is 0 Å². The number of hydrogen-bond acceptors (Lipinski definition) is 3. The zero-order valence-electron chi connectivity index (χ0n) is 12.6. The summed E-state index contributed by atoms with van der Waals surface area (Å²) in [4.78, 5) is 13.7. The molecule has 2 rings (SSSR count). The van der Waals surface area contributed by atoms with E-state index in [4.69, 9.17) is 0 Å². The second-order valence-electron chi connectivity index (χ2n) is 5.64. The Morgan fingerprint density at radius 1 is 1.45 bits per heavy atom. The standard InChI is InChI=1S/C16H24N2O2/c1-12-6-7-13(2)14(9-12)10-18-8-4-5-15(11-18)17-16(19)20-3/h6-7,9,15H,4-5,8,10-11H2,1-3H3,(H,17,19). The molecule has 4 heteroatoms. The number of hydrogen-bond donors (Lipinski definition) is 1. The third kappa shape index (κ3) is 3.97. The van der Waals surface area contributed by atoms with E-state index in [0.29, 0.717) is 0 Å². The van der Waals surface area contributed by atoms with E-state index in [0.717, 1.165) is 32.5 Å². The van der Waals surface area contributed by atoms with Crippen LogP contribution in [0.1, 0.15) is 29.5 Å². The number of benzene rings is 1. The van der Waals surface area contributed by atoms with E-state index in [-0.39, 0.29) is 12.1 Å². The Hall–Kier alpha value is -1.55. The van der Waals surface area contributed by atoms with Gasteiger partial charge in [-0.3, -0.25) is 4.90 Å². The quantitative estimate of drug-likeness (QED) is 0.922. The molecule has 1 amide bonds. The predicted molar refractivity (Wildman–Crippen MR) is 79.8 cm³/mol. The number of nitrogens with zero attached hydrogens (tertiary/aromatic N) is 1. The molecule has 4 nitrogen and oxygen atoms in total. The van der Waals surface area contributed by atoms with Gasteiger partial charge in [0, 0.05) is 19.1 Å². The maximum absolute atomic E-state index is 11.3. The smallest absolute Gasteiger partial charge is 0.407 e. The number of likely N-dealkylation sites (tertiary alicyclic amines) is 1. The van der Waals surface area contributed by atoms with Gasteiger partial charge in [-0.1, -0.05) is 23.8 Å². The fraction of sp³-hybridized carbons (Fsp3) is 0.562. The summed E-state index contributed by atoms with van der Waals surface area (Å²) in [5.41, 5.74) is 4.01. The van der Waals surface area contributed by atoms with Gasteiger partial charge >= 0.3 is 6.09 Å². The summed E-state index contributed by atoms with van der Waals surface area (Å²) < 4.78 is 4.67. The van der Waals surface area contributed by atoms with Gasteiger partial charge in [-0.05, 0) is 44.4 Å². The molecule has 1 N–H and O–H groups in total. The zero-order chi connectivity index (χ0) is 14.5. The molecule has 0 spiro atoms. The normalized spacial score (nSPS) is 19.6. The highest BCUT2D eigenvalue weighted by Crippen LogP contribution is 2.17. The van der Waals surface area contributed by atoms with Crippen LogP contribution in [0.4, 0.5) is 4.79 Å². The number of carbonyl (C=O) groups excluding carboxylic acids is 1. The molecule has 1 aromatic rings. The third-order valence-corrected chi connectivity index (χ3v) is 3.91. The molecule has 1 fully saturated rings. The van der Waals surface area contributed by atoms with E-state index in [2.05, 4.69) is 47.0 Å². The summed E-state index contributed by atoms with van der Waals surface area (Å²) >= 11 is 0. The summed E-state index contributed by atoms with van der Waals surface area (Å²) in [5.74, 6) is 0. The number of amides is 1. The lowest BCUT2D eigenvalue weighted by Gasteiger charge is -2.33. The number of rotatable bonds is 3. The first kappa shape index (κ1) is 14.9. The van der Waals surface area contributed by atoms with E-state index in [1.54, 1.807) is 0 Å². The Labute approximate surface area is 121 Å². The highest BCUT2D eigenvalue weighted by molar-refractivity contribution is 5.67. The second kappa shape index (κ2) is 6.75. The molecule has 0 radical (unpaired) electrons. The van der Waals surface area contributed by atoms with Gasteiger partial charge in [0.05, 0.1) is 7.11 Å². The van der Waals surface area contributed by atoms with Crippen LogP contribution in [0, 0.1) is 13.8 Å². The molecule has 20 heavy (non-hydrogen) atoms. The summed E-state index contributed by atoms with van der Waals surface area (Å²) in [6.07, 6.45) is 1.81. The van der Waals surface area contributed by atoms with Gasteiger partial charge < -0.3 is 10.1 Å². The van der Waals surface area contributed by atoms with Crippen molar-refractivity contribution < 1.29 is 9.53 Å². The van der Waals surface area contributed by atoms with Gasteiger partial charge in [-0.25, -0.2) is 4.79 Å². The average Bonchev–Trinajstić information content (AvgIpc) is 2.43. The third-order valence-electron chi connectivity index (χ3n) is 3.91. The zero-order valence-corrected chi connectivity index (χ0v) is 12.6. The van der Waals surface area contributed by atoms with Crippen molar-refractivity contribution in [3.05, 3.63) is 34.9 Å². The van der Waals surface area contributed by atoms with E-state index >= 15 is 0 Å². The second-order valence-corrected chi connectivity index (χ2v) is 5.64. The van der Waals surface area contributed by atoms with Crippen molar-refractivity contribution in [2.45, 2.75) is 39.3 Å². The van der Waals surface area contributed by atoms with Crippen LogP contribution in [-0.2, 0) is 11.3 Å². The minimum atomic E-state index is -0.330. The summed E-state index contributed by atoms with van der Waals surface area (Å²) in [6, 6.07) is 6.78. The van der Waals surface area contributed by atoms with Crippen molar-refractivity contribution in [2.24, 2.45) is 0 Å². The lowest BCUT2D eigenvalue weighted by atomic mass is 10.0. The van der Waals surface area contributed by atoms with E-state index in [1.807, 2.05) is 0 Å². The number of alkyl carbamates (subject to hydrolysis) is 1. The molecule has 1 aromatic carbocycles. The van der Waals surface area contributed by atoms with Crippen molar-refractivity contribution in [2.75, 3.05) is 20.2 Å². The van der Waals surface area contributed by atoms with Crippen LogP contribution in [-0.4, -0.2) is 37.2 Å². The fourth-order valence-corrected chi connectivity index (χ4v) is 2.75. The highest BCUT2D eigenvalue weighted by atomic mass is 16.5. The molecule has 1 aliphatic heterocycles. The van der Waals surface area contributed by atoms with Crippen LogP contribution in [0.15, 0.2) is 18.2 Å². The largest absolute Gasteiger partial charge is 0.453 e.